The van der Waals surface area contributed by atoms with Crippen molar-refractivity contribution in [3.05, 3.63) is 29.8 Å². The summed E-state index contributed by atoms with van der Waals surface area (Å²) in [5, 5.41) is 3.41. The topological polar surface area (TPSA) is 38.3 Å². The molecule has 21 heavy (non-hydrogen) atoms. The van der Waals surface area contributed by atoms with Gasteiger partial charge in [0, 0.05) is 12.0 Å². The molecular weight excluding hydrogens is 262 g/mol. The first kappa shape index (κ1) is 16.0. The molecule has 1 aliphatic rings. The first-order valence-electron chi connectivity index (χ1n) is 8.10. The maximum atomic E-state index is 13.2. The molecule has 1 saturated heterocycles. The predicted octanol–water partition coefficient (Wildman–Crippen LogP) is 3.83. The number of hydrogen-bond acceptors (Lipinski definition) is 3. The Bertz CT molecular complexity index is 470. The van der Waals surface area contributed by atoms with Gasteiger partial charge in [0.2, 0.25) is 0 Å². The third kappa shape index (κ3) is 3.65. The zero-order valence-corrected chi connectivity index (χ0v) is 13.4. The molecule has 1 N–H and O–H groups in total. The van der Waals surface area contributed by atoms with Gasteiger partial charge in [0.05, 0.1) is 11.7 Å². The van der Waals surface area contributed by atoms with Gasteiger partial charge >= 0.3 is 0 Å². The predicted molar refractivity (Wildman–Crippen MR) is 86.0 cm³/mol. The first-order valence-corrected chi connectivity index (χ1v) is 8.10. The Kier molecular flexibility index (Phi) is 5.40. The third-order valence-electron chi connectivity index (χ3n) is 4.18. The van der Waals surface area contributed by atoms with Crippen molar-refractivity contribution in [2.45, 2.75) is 52.6 Å². The van der Waals surface area contributed by atoms with Gasteiger partial charge < -0.3 is 10.1 Å². The van der Waals surface area contributed by atoms with Crippen molar-refractivity contribution in [1.82, 2.24) is 5.32 Å². The van der Waals surface area contributed by atoms with Crippen molar-refractivity contribution in [2.75, 3.05) is 13.1 Å². The SMILES string of the molecule is CCCC1(C(=O)c2ccccc2OC(C)C)CCCNC1. The second kappa shape index (κ2) is 7.08. The van der Waals surface area contributed by atoms with Gasteiger partial charge in [0.15, 0.2) is 5.78 Å². The zero-order chi connectivity index (χ0) is 15.3. The van der Waals surface area contributed by atoms with Gasteiger partial charge in [-0.25, -0.2) is 0 Å². The molecule has 2 rings (SSSR count). The van der Waals surface area contributed by atoms with E-state index in [1.807, 2.05) is 38.1 Å². The van der Waals surface area contributed by atoms with Crippen LogP contribution in [0.3, 0.4) is 0 Å². The van der Waals surface area contributed by atoms with E-state index in [1.165, 1.54) is 0 Å². The fourth-order valence-electron chi connectivity index (χ4n) is 3.26. The van der Waals surface area contributed by atoms with Crippen LogP contribution in [0.2, 0.25) is 0 Å². The van der Waals surface area contributed by atoms with E-state index in [0.29, 0.717) is 0 Å². The van der Waals surface area contributed by atoms with E-state index in [0.717, 1.165) is 50.1 Å². The molecule has 0 bridgehead atoms. The number of piperidine rings is 1. The monoisotopic (exact) mass is 289 g/mol. The van der Waals surface area contributed by atoms with Gasteiger partial charge in [-0.3, -0.25) is 4.79 Å². The molecule has 0 aliphatic carbocycles. The zero-order valence-electron chi connectivity index (χ0n) is 13.4. The number of nitrogens with one attached hydrogen (secondary N) is 1. The lowest BCUT2D eigenvalue weighted by atomic mass is 9.71. The van der Waals surface area contributed by atoms with Crippen LogP contribution < -0.4 is 10.1 Å². The lowest BCUT2D eigenvalue weighted by Gasteiger charge is -2.36. The van der Waals surface area contributed by atoms with E-state index in [-0.39, 0.29) is 17.3 Å². The molecule has 1 unspecified atom stereocenters. The van der Waals surface area contributed by atoms with E-state index in [4.69, 9.17) is 4.74 Å². The highest BCUT2D eigenvalue weighted by Crippen LogP contribution is 2.37. The molecule has 1 heterocycles. The minimum absolute atomic E-state index is 0.0746. The van der Waals surface area contributed by atoms with Crippen molar-refractivity contribution in [3.63, 3.8) is 0 Å². The van der Waals surface area contributed by atoms with Crippen LogP contribution in [0.4, 0.5) is 0 Å². The highest BCUT2D eigenvalue weighted by Gasteiger charge is 2.40. The van der Waals surface area contributed by atoms with Crippen LogP contribution in [0.1, 0.15) is 56.8 Å². The Morgan fingerprint density at radius 1 is 1.38 bits per heavy atom. The fourth-order valence-corrected chi connectivity index (χ4v) is 3.26. The number of hydrogen-bond donors (Lipinski definition) is 1. The summed E-state index contributed by atoms with van der Waals surface area (Å²) in [6, 6.07) is 7.67. The number of ether oxygens (including phenoxy) is 1. The number of para-hydroxylation sites is 1. The quantitative estimate of drug-likeness (QED) is 0.809. The molecule has 0 amide bonds. The minimum Gasteiger partial charge on any atom is -0.490 e. The molecule has 0 spiro atoms. The van der Waals surface area contributed by atoms with Crippen LogP contribution in [0.15, 0.2) is 24.3 Å². The maximum absolute atomic E-state index is 13.2. The summed E-state index contributed by atoms with van der Waals surface area (Å²) in [7, 11) is 0. The highest BCUT2D eigenvalue weighted by molar-refractivity contribution is 6.03. The maximum Gasteiger partial charge on any atom is 0.173 e. The van der Waals surface area contributed by atoms with Crippen molar-refractivity contribution >= 4 is 5.78 Å². The van der Waals surface area contributed by atoms with Crippen molar-refractivity contribution in [2.24, 2.45) is 5.41 Å². The summed E-state index contributed by atoms with van der Waals surface area (Å²) in [6.45, 7) is 7.94. The van der Waals surface area contributed by atoms with Gasteiger partial charge in [-0.2, -0.15) is 0 Å². The van der Waals surface area contributed by atoms with E-state index in [1.54, 1.807) is 0 Å². The summed E-state index contributed by atoms with van der Waals surface area (Å²) in [4.78, 5) is 13.2. The summed E-state index contributed by atoms with van der Waals surface area (Å²) in [6.07, 6.45) is 4.09. The largest absolute Gasteiger partial charge is 0.490 e. The van der Waals surface area contributed by atoms with E-state index in [2.05, 4.69) is 12.2 Å². The smallest absolute Gasteiger partial charge is 0.173 e. The number of ketones is 1. The standard InChI is InChI=1S/C18H27NO2/c1-4-10-18(11-7-12-19-13-18)17(20)15-8-5-6-9-16(15)21-14(2)3/h5-6,8-9,14,19H,4,7,10-13H2,1-3H3. The van der Waals surface area contributed by atoms with Crippen LogP contribution >= 0.6 is 0 Å². The summed E-state index contributed by atoms with van der Waals surface area (Å²) in [5.41, 5.74) is 0.479. The van der Waals surface area contributed by atoms with Gasteiger partial charge in [0.1, 0.15) is 5.75 Å². The molecule has 0 saturated carbocycles. The molecule has 1 aliphatic heterocycles. The molecule has 1 atom stereocenters. The van der Waals surface area contributed by atoms with Crippen LogP contribution in [0, 0.1) is 5.41 Å². The van der Waals surface area contributed by atoms with E-state index in [9.17, 15) is 4.79 Å². The number of benzene rings is 1. The van der Waals surface area contributed by atoms with Crippen molar-refractivity contribution in [1.29, 1.82) is 0 Å². The highest BCUT2D eigenvalue weighted by atomic mass is 16.5. The second-order valence-corrected chi connectivity index (χ2v) is 6.30. The van der Waals surface area contributed by atoms with Gasteiger partial charge in [-0.1, -0.05) is 25.5 Å². The molecular formula is C18H27NO2. The average Bonchev–Trinajstić information content (AvgIpc) is 2.48. The molecule has 3 heteroatoms. The fraction of sp³-hybridized carbons (Fsp3) is 0.611. The normalized spacial score (nSPS) is 22.3. The Balaban J connectivity index is 2.32. The molecule has 1 aromatic rings. The number of rotatable bonds is 6. The minimum atomic E-state index is -0.260. The number of Topliss-reactive ketones (excluding diaryl/α,β-unsaturated/α-hetero) is 1. The summed E-state index contributed by atoms with van der Waals surface area (Å²) < 4.78 is 5.84. The molecule has 3 nitrogen and oxygen atoms in total. The average molecular weight is 289 g/mol. The first-order chi connectivity index (χ1) is 10.1. The van der Waals surface area contributed by atoms with Gasteiger partial charge in [0.25, 0.3) is 0 Å². The Morgan fingerprint density at radius 2 is 2.14 bits per heavy atom. The Hall–Kier alpha value is -1.35. The molecule has 116 valence electrons. The number of carbonyl (C=O) groups excluding carboxylic acids is 1. The number of carbonyl (C=O) groups is 1. The summed E-state index contributed by atoms with van der Waals surface area (Å²) >= 11 is 0. The lowest BCUT2D eigenvalue weighted by molar-refractivity contribution is 0.0712. The Labute approximate surface area is 128 Å². The van der Waals surface area contributed by atoms with E-state index < -0.39 is 0 Å². The van der Waals surface area contributed by atoms with Crippen LogP contribution in [0.25, 0.3) is 0 Å². The second-order valence-electron chi connectivity index (χ2n) is 6.30. The van der Waals surface area contributed by atoms with Crippen LogP contribution in [-0.2, 0) is 0 Å². The van der Waals surface area contributed by atoms with Crippen molar-refractivity contribution < 1.29 is 9.53 Å². The van der Waals surface area contributed by atoms with Gasteiger partial charge in [-0.05, 0) is 51.8 Å². The lowest BCUT2D eigenvalue weighted by Crippen LogP contribution is -2.45. The van der Waals surface area contributed by atoms with E-state index >= 15 is 0 Å². The molecule has 1 aromatic carbocycles. The Morgan fingerprint density at radius 3 is 2.76 bits per heavy atom. The van der Waals surface area contributed by atoms with Crippen molar-refractivity contribution in [3.8, 4) is 5.75 Å². The molecule has 0 radical (unpaired) electrons. The molecule has 1 fully saturated rings. The molecule has 0 aromatic heterocycles. The van der Waals surface area contributed by atoms with Crippen LogP contribution in [-0.4, -0.2) is 25.0 Å². The van der Waals surface area contributed by atoms with Crippen LogP contribution in [0.5, 0.6) is 5.75 Å². The third-order valence-corrected chi connectivity index (χ3v) is 4.18. The van der Waals surface area contributed by atoms with Gasteiger partial charge in [-0.15, -0.1) is 0 Å². The summed E-state index contributed by atoms with van der Waals surface area (Å²) in [5.74, 6) is 0.964.